The number of hydrogen-bond acceptors (Lipinski definition) is 2. The predicted molar refractivity (Wildman–Crippen MR) is 44.4 cm³/mol. The van der Waals surface area contributed by atoms with E-state index in [4.69, 9.17) is 9.52 Å². The van der Waals surface area contributed by atoms with E-state index in [0.717, 1.165) is 0 Å². The van der Waals surface area contributed by atoms with Gasteiger partial charge in [-0.05, 0) is 6.07 Å². The van der Waals surface area contributed by atoms with Crippen molar-refractivity contribution in [3.05, 3.63) is 23.7 Å². The van der Waals surface area contributed by atoms with Gasteiger partial charge < -0.3 is 9.52 Å². The molecule has 0 saturated carbocycles. The fourth-order valence-corrected chi connectivity index (χ4v) is 1.06. The minimum Gasteiger partial charge on any atom is -0.478 e. The molecular formula is C9H12O3. The smallest absolute Gasteiger partial charge is 0.339 e. The maximum atomic E-state index is 10.7. The lowest BCUT2D eigenvalue weighted by Crippen LogP contribution is -2.14. The molecule has 0 saturated heterocycles. The second-order valence-corrected chi connectivity index (χ2v) is 3.72. The van der Waals surface area contributed by atoms with Crippen LogP contribution in [0, 0.1) is 0 Å². The van der Waals surface area contributed by atoms with Crippen LogP contribution in [-0.2, 0) is 5.41 Å². The Morgan fingerprint density at radius 2 is 2.08 bits per heavy atom. The average molecular weight is 168 g/mol. The molecule has 0 aromatic carbocycles. The third kappa shape index (κ3) is 1.49. The molecule has 0 fully saturated rings. The van der Waals surface area contributed by atoms with Gasteiger partial charge >= 0.3 is 5.97 Å². The molecule has 0 aliphatic rings. The monoisotopic (exact) mass is 168 g/mol. The molecule has 1 aromatic heterocycles. The molecule has 0 unspecified atom stereocenters. The van der Waals surface area contributed by atoms with Gasteiger partial charge in [-0.2, -0.15) is 0 Å². The molecule has 0 aliphatic carbocycles. The standard InChI is InChI=1S/C9H12O3/c1-9(2,3)7-6(8(10)11)4-5-12-7/h4-5H,1-3H3,(H,10,11). The average Bonchev–Trinajstić information content (AvgIpc) is 2.30. The number of aromatic carboxylic acids is 1. The van der Waals surface area contributed by atoms with Gasteiger partial charge in [-0.15, -0.1) is 0 Å². The first kappa shape index (κ1) is 8.84. The molecular weight excluding hydrogens is 156 g/mol. The second-order valence-electron chi connectivity index (χ2n) is 3.72. The summed E-state index contributed by atoms with van der Waals surface area (Å²) in [7, 11) is 0. The van der Waals surface area contributed by atoms with Crippen LogP contribution in [0.15, 0.2) is 16.7 Å². The van der Waals surface area contributed by atoms with Gasteiger partial charge in [-0.1, -0.05) is 20.8 Å². The Balaban J connectivity index is 3.17. The molecule has 0 spiro atoms. The first-order valence-corrected chi connectivity index (χ1v) is 3.74. The van der Waals surface area contributed by atoms with E-state index in [2.05, 4.69) is 0 Å². The molecule has 0 amide bonds. The summed E-state index contributed by atoms with van der Waals surface area (Å²) in [5, 5.41) is 8.76. The highest BCUT2D eigenvalue weighted by atomic mass is 16.4. The van der Waals surface area contributed by atoms with E-state index in [1.807, 2.05) is 20.8 Å². The molecule has 1 heterocycles. The van der Waals surface area contributed by atoms with E-state index >= 15 is 0 Å². The number of rotatable bonds is 1. The van der Waals surface area contributed by atoms with Crippen molar-refractivity contribution in [2.75, 3.05) is 0 Å². The van der Waals surface area contributed by atoms with Crippen LogP contribution >= 0.6 is 0 Å². The summed E-state index contributed by atoms with van der Waals surface area (Å²) < 4.78 is 5.11. The molecule has 12 heavy (non-hydrogen) atoms. The van der Waals surface area contributed by atoms with Gasteiger partial charge in [0.05, 0.1) is 6.26 Å². The van der Waals surface area contributed by atoms with Gasteiger partial charge in [-0.25, -0.2) is 4.79 Å². The Bertz CT molecular complexity index is 291. The van der Waals surface area contributed by atoms with E-state index < -0.39 is 5.97 Å². The van der Waals surface area contributed by atoms with Crippen molar-refractivity contribution in [2.45, 2.75) is 26.2 Å². The van der Waals surface area contributed by atoms with Crippen molar-refractivity contribution >= 4 is 5.97 Å². The molecule has 3 nitrogen and oxygen atoms in total. The molecule has 3 heteroatoms. The van der Waals surface area contributed by atoms with Crippen LogP contribution in [0.2, 0.25) is 0 Å². The van der Waals surface area contributed by atoms with E-state index in [-0.39, 0.29) is 11.0 Å². The van der Waals surface area contributed by atoms with E-state index in [1.165, 1.54) is 12.3 Å². The molecule has 66 valence electrons. The van der Waals surface area contributed by atoms with Crippen LogP contribution in [0.1, 0.15) is 36.9 Å². The van der Waals surface area contributed by atoms with Crippen LogP contribution in [0.4, 0.5) is 0 Å². The van der Waals surface area contributed by atoms with Gasteiger partial charge in [0.25, 0.3) is 0 Å². The van der Waals surface area contributed by atoms with Crippen LogP contribution < -0.4 is 0 Å². The van der Waals surface area contributed by atoms with Crippen molar-refractivity contribution in [1.29, 1.82) is 0 Å². The summed E-state index contributed by atoms with van der Waals surface area (Å²) in [6.45, 7) is 5.74. The number of carboxylic acids is 1. The highest BCUT2D eigenvalue weighted by molar-refractivity contribution is 5.89. The largest absolute Gasteiger partial charge is 0.478 e. The fourth-order valence-electron chi connectivity index (χ4n) is 1.06. The zero-order valence-corrected chi connectivity index (χ0v) is 7.42. The lowest BCUT2D eigenvalue weighted by molar-refractivity contribution is 0.0692. The molecule has 0 radical (unpaired) electrons. The maximum absolute atomic E-state index is 10.7. The van der Waals surface area contributed by atoms with Crippen molar-refractivity contribution in [3.8, 4) is 0 Å². The first-order valence-electron chi connectivity index (χ1n) is 3.74. The normalized spacial score (nSPS) is 11.6. The number of carboxylic acid groups (broad SMARTS) is 1. The number of hydrogen-bond donors (Lipinski definition) is 1. The Morgan fingerprint density at radius 1 is 1.50 bits per heavy atom. The Morgan fingerprint density at radius 3 is 2.42 bits per heavy atom. The summed E-state index contributed by atoms with van der Waals surface area (Å²) in [6, 6.07) is 1.48. The van der Waals surface area contributed by atoms with Gasteiger partial charge in [0, 0.05) is 5.41 Å². The summed E-state index contributed by atoms with van der Waals surface area (Å²) >= 11 is 0. The molecule has 1 aromatic rings. The number of carbonyl (C=O) groups is 1. The fraction of sp³-hybridized carbons (Fsp3) is 0.444. The van der Waals surface area contributed by atoms with E-state index in [1.54, 1.807) is 0 Å². The van der Waals surface area contributed by atoms with Gasteiger partial charge in [0.2, 0.25) is 0 Å². The zero-order valence-electron chi connectivity index (χ0n) is 7.42. The molecule has 0 bridgehead atoms. The zero-order chi connectivity index (χ0) is 9.35. The third-order valence-electron chi connectivity index (χ3n) is 1.58. The maximum Gasteiger partial charge on any atom is 0.339 e. The summed E-state index contributed by atoms with van der Waals surface area (Å²) in [4.78, 5) is 10.7. The highest BCUT2D eigenvalue weighted by Crippen LogP contribution is 2.26. The molecule has 0 aliphatic heterocycles. The SMILES string of the molecule is CC(C)(C)c1occc1C(=O)O. The lowest BCUT2D eigenvalue weighted by Gasteiger charge is -2.15. The highest BCUT2D eigenvalue weighted by Gasteiger charge is 2.24. The Labute approximate surface area is 71.0 Å². The summed E-state index contributed by atoms with van der Waals surface area (Å²) in [6.07, 6.45) is 1.41. The van der Waals surface area contributed by atoms with Crippen LogP contribution in [0.5, 0.6) is 0 Å². The van der Waals surface area contributed by atoms with Gasteiger partial charge in [0.15, 0.2) is 0 Å². The predicted octanol–water partition coefficient (Wildman–Crippen LogP) is 2.28. The van der Waals surface area contributed by atoms with Crippen molar-refractivity contribution in [1.82, 2.24) is 0 Å². The van der Waals surface area contributed by atoms with Gasteiger partial charge in [-0.3, -0.25) is 0 Å². The van der Waals surface area contributed by atoms with E-state index in [9.17, 15) is 4.79 Å². The third-order valence-corrected chi connectivity index (χ3v) is 1.58. The van der Waals surface area contributed by atoms with E-state index in [0.29, 0.717) is 5.76 Å². The minimum absolute atomic E-state index is 0.252. The minimum atomic E-state index is -0.936. The summed E-state index contributed by atoms with van der Waals surface area (Å²) in [5.74, 6) is -0.413. The quantitative estimate of drug-likeness (QED) is 0.699. The molecule has 0 atom stereocenters. The van der Waals surface area contributed by atoms with Crippen molar-refractivity contribution < 1.29 is 14.3 Å². The first-order chi connectivity index (χ1) is 5.43. The lowest BCUT2D eigenvalue weighted by atomic mass is 9.90. The summed E-state index contributed by atoms with van der Waals surface area (Å²) in [5.41, 5.74) is -0.000440. The van der Waals surface area contributed by atoms with Crippen LogP contribution in [-0.4, -0.2) is 11.1 Å². The topological polar surface area (TPSA) is 50.4 Å². The number of furan rings is 1. The van der Waals surface area contributed by atoms with Crippen LogP contribution in [0.25, 0.3) is 0 Å². The Kier molecular flexibility index (Phi) is 1.96. The Hall–Kier alpha value is -1.25. The second kappa shape index (κ2) is 2.66. The van der Waals surface area contributed by atoms with Crippen LogP contribution in [0.3, 0.4) is 0 Å². The van der Waals surface area contributed by atoms with Crippen molar-refractivity contribution in [2.24, 2.45) is 0 Å². The van der Waals surface area contributed by atoms with Gasteiger partial charge in [0.1, 0.15) is 11.3 Å². The van der Waals surface area contributed by atoms with Crippen molar-refractivity contribution in [3.63, 3.8) is 0 Å². The molecule has 1 rings (SSSR count). The molecule has 1 N–H and O–H groups in total.